The van der Waals surface area contributed by atoms with Crippen LogP contribution < -0.4 is 11.5 Å². The van der Waals surface area contributed by atoms with Crippen molar-refractivity contribution in [2.45, 2.75) is 18.6 Å². The number of nitrogen functional groups attached to an aromatic ring is 2. The lowest BCUT2D eigenvalue weighted by Crippen LogP contribution is -2.19. The Labute approximate surface area is 102 Å². The van der Waals surface area contributed by atoms with Gasteiger partial charge in [-0.15, -0.1) is 0 Å². The molecule has 1 aliphatic rings. The summed E-state index contributed by atoms with van der Waals surface area (Å²) in [5.41, 5.74) is 11.3. The molecule has 92 valence electrons. The van der Waals surface area contributed by atoms with Gasteiger partial charge in [0.05, 0.1) is 6.61 Å². The summed E-state index contributed by atoms with van der Waals surface area (Å²) < 4.78 is 5.30. The largest absolute Gasteiger partial charge is 0.393 e. The lowest BCUT2D eigenvalue weighted by Gasteiger charge is -2.12. The van der Waals surface area contributed by atoms with Gasteiger partial charge >= 0.3 is 0 Å². The number of aliphatic hydroxyl groups excluding tert-OH is 1. The number of anilines is 2. The Bertz CT molecular complexity index is 468. The van der Waals surface area contributed by atoms with Crippen LogP contribution in [0, 0.1) is 0 Å². The number of aliphatic hydroxyl groups is 1. The van der Waals surface area contributed by atoms with Gasteiger partial charge in [-0.25, -0.2) is 9.97 Å². The monoisotopic (exact) mass is 258 g/mol. The predicted molar refractivity (Wildman–Crippen MR) is 60.2 cm³/mol. The molecule has 0 amide bonds. The zero-order valence-corrected chi connectivity index (χ0v) is 9.52. The Kier molecular flexibility index (Phi) is 3.14. The van der Waals surface area contributed by atoms with E-state index in [4.69, 9.17) is 32.9 Å². The van der Waals surface area contributed by atoms with Gasteiger partial charge in [0.2, 0.25) is 0 Å². The van der Waals surface area contributed by atoms with Crippen LogP contribution in [0.25, 0.3) is 0 Å². The molecular formula is C9H11ClN4O3. The molecule has 2 atom stereocenters. The molecule has 0 radical (unpaired) electrons. The Morgan fingerprint density at radius 1 is 1.41 bits per heavy atom. The first-order valence-corrected chi connectivity index (χ1v) is 5.28. The fourth-order valence-electron chi connectivity index (χ4n) is 1.63. The van der Waals surface area contributed by atoms with E-state index in [1.807, 2.05) is 0 Å². The van der Waals surface area contributed by atoms with Crippen LogP contribution in [0.4, 0.5) is 11.6 Å². The molecule has 1 aliphatic heterocycles. The fourth-order valence-corrected chi connectivity index (χ4v) is 1.77. The third-order valence-electron chi connectivity index (χ3n) is 2.48. The number of carbonyl (C=O) groups is 1. The van der Waals surface area contributed by atoms with Crippen molar-refractivity contribution in [1.29, 1.82) is 0 Å². The lowest BCUT2D eigenvalue weighted by atomic mass is 10.1. The van der Waals surface area contributed by atoms with E-state index < -0.39 is 12.2 Å². The number of nitrogens with two attached hydrogens (primary N) is 2. The Balaban J connectivity index is 2.30. The van der Waals surface area contributed by atoms with Crippen molar-refractivity contribution < 1.29 is 14.6 Å². The maximum absolute atomic E-state index is 11.4. The topological polar surface area (TPSA) is 124 Å². The summed E-state index contributed by atoms with van der Waals surface area (Å²) in [5, 5.41) is 8.92. The van der Waals surface area contributed by atoms with Gasteiger partial charge in [0, 0.05) is 6.42 Å². The number of ketones is 1. The van der Waals surface area contributed by atoms with E-state index in [-0.39, 0.29) is 41.3 Å². The third-order valence-corrected chi connectivity index (χ3v) is 2.76. The maximum Gasteiger partial charge on any atom is 0.171 e. The quantitative estimate of drug-likeness (QED) is 0.664. The van der Waals surface area contributed by atoms with Crippen molar-refractivity contribution >= 4 is 29.0 Å². The van der Waals surface area contributed by atoms with Crippen LogP contribution in [-0.2, 0) is 9.53 Å². The molecule has 0 unspecified atom stereocenters. The van der Waals surface area contributed by atoms with Crippen molar-refractivity contribution in [2.24, 2.45) is 0 Å². The van der Waals surface area contributed by atoms with E-state index in [1.165, 1.54) is 0 Å². The first kappa shape index (κ1) is 12.0. The Hall–Kier alpha value is -1.44. The summed E-state index contributed by atoms with van der Waals surface area (Å²) in [5.74, 6) is -0.106. The summed E-state index contributed by atoms with van der Waals surface area (Å²) in [6.45, 7) is -0.370. The second kappa shape index (κ2) is 4.44. The maximum atomic E-state index is 11.4. The zero-order chi connectivity index (χ0) is 12.6. The van der Waals surface area contributed by atoms with Crippen LogP contribution in [0.1, 0.15) is 18.2 Å². The molecular weight excluding hydrogens is 248 g/mol. The number of ether oxygens (including phenoxy) is 1. The molecule has 0 aliphatic carbocycles. The highest BCUT2D eigenvalue weighted by atomic mass is 35.5. The van der Waals surface area contributed by atoms with E-state index in [9.17, 15) is 4.79 Å². The van der Waals surface area contributed by atoms with Crippen molar-refractivity contribution in [3.05, 3.63) is 10.8 Å². The molecule has 0 spiro atoms. The summed E-state index contributed by atoms with van der Waals surface area (Å²) in [6.07, 6.45) is -1.38. The molecule has 0 saturated carbocycles. The molecule has 17 heavy (non-hydrogen) atoms. The summed E-state index contributed by atoms with van der Waals surface area (Å²) in [7, 11) is 0. The van der Waals surface area contributed by atoms with Crippen molar-refractivity contribution in [3.8, 4) is 0 Å². The van der Waals surface area contributed by atoms with E-state index in [2.05, 4.69) is 9.97 Å². The number of hydrogen-bond donors (Lipinski definition) is 3. The highest BCUT2D eigenvalue weighted by Gasteiger charge is 2.36. The van der Waals surface area contributed by atoms with Gasteiger partial charge in [-0.1, -0.05) is 11.6 Å². The second-order valence-corrected chi connectivity index (χ2v) is 3.99. The van der Waals surface area contributed by atoms with Crippen LogP contribution in [0.5, 0.6) is 0 Å². The average Bonchev–Trinajstić information content (AvgIpc) is 2.65. The van der Waals surface area contributed by atoms with E-state index in [1.54, 1.807) is 0 Å². The van der Waals surface area contributed by atoms with Gasteiger partial charge in [-0.2, -0.15) is 0 Å². The fraction of sp³-hybridized carbons (Fsp3) is 0.444. The third kappa shape index (κ3) is 2.17. The minimum absolute atomic E-state index is 0.0118. The highest BCUT2D eigenvalue weighted by Crippen LogP contribution is 2.33. The zero-order valence-electron chi connectivity index (χ0n) is 8.76. The molecule has 1 saturated heterocycles. The van der Waals surface area contributed by atoms with E-state index >= 15 is 0 Å². The van der Waals surface area contributed by atoms with Crippen LogP contribution >= 0.6 is 11.6 Å². The summed E-state index contributed by atoms with van der Waals surface area (Å²) >= 11 is 5.73. The molecule has 1 aromatic heterocycles. The van der Waals surface area contributed by atoms with Crippen LogP contribution in [0.15, 0.2) is 0 Å². The molecule has 0 aromatic carbocycles. The van der Waals surface area contributed by atoms with Crippen LogP contribution in [0.3, 0.4) is 0 Å². The molecule has 1 aromatic rings. The summed E-state index contributed by atoms with van der Waals surface area (Å²) in [6, 6.07) is 0. The Morgan fingerprint density at radius 2 is 2.12 bits per heavy atom. The minimum atomic E-state index is -0.836. The number of nitrogens with zero attached hydrogens (tertiary/aromatic N) is 2. The molecule has 8 heteroatoms. The molecule has 7 nitrogen and oxygen atoms in total. The number of hydrogen-bond acceptors (Lipinski definition) is 7. The average molecular weight is 259 g/mol. The molecule has 5 N–H and O–H groups in total. The van der Waals surface area contributed by atoms with E-state index in [0.29, 0.717) is 0 Å². The molecule has 1 fully saturated rings. The van der Waals surface area contributed by atoms with Gasteiger partial charge in [0.1, 0.15) is 17.9 Å². The predicted octanol–water partition coefficient (Wildman–Crippen LogP) is -0.314. The standard InChI is InChI=1S/C9H11ClN4O3/c10-7-9(12)14-8(11)6(13-7)4-1-3(16)5(2-15)17-4/h4-5,15H,1-2H2,(H4,11,12,14)/t4-,5-/m1/s1. The van der Waals surface area contributed by atoms with Crippen LogP contribution in [0.2, 0.25) is 5.15 Å². The van der Waals surface area contributed by atoms with E-state index in [0.717, 1.165) is 0 Å². The van der Waals surface area contributed by atoms with Gasteiger partial charge < -0.3 is 21.3 Å². The molecule has 2 rings (SSSR count). The number of Topliss-reactive ketones (excluding diaryl/α,β-unsaturated/α-hetero) is 1. The normalized spacial score (nSPS) is 24.2. The van der Waals surface area contributed by atoms with Gasteiger partial charge in [-0.05, 0) is 0 Å². The lowest BCUT2D eigenvalue weighted by molar-refractivity contribution is -0.124. The SMILES string of the molecule is Nc1nc(N)c([C@H]2CC(=O)[C@@H](CO)O2)nc1Cl. The first-order valence-electron chi connectivity index (χ1n) is 4.90. The minimum Gasteiger partial charge on any atom is -0.393 e. The number of carbonyl (C=O) groups excluding carboxylic acids is 1. The van der Waals surface area contributed by atoms with Gasteiger partial charge in [-0.3, -0.25) is 4.79 Å². The van der Waals surface area contributed by atoms with Crippen molar-refractivity contribution in [1.82, 2.24) is 9.97 Å². The number of aromatic nitrogens is 2. The molecule has 0 bridgehead atoms. The number of rotatable bonds is 2. The second-order valence-electron chi connectivity index (χ2n) is 3.64. The smallest absolute Gasteiger partial charge is 0.171 e. The van der Waals surface area contributed by atoms with Gasteiger partial charge in [0.25, 0.3) is 0 Å². The van der Waals surface area contributed by atoms with Crippen LogP contribution in [-0.4, -0.2) is 33.6 Å². The Morgan fingerprint density at radius 3 is 2.71 bits per heavy atom. The number of halogens is 1. The van der Waals surface area contributed by atoms with Crippen molar-refractivity contribution in [2.75, 3.05) is 18.1 Å². The highest BCUT2D eigenvalue weighted by molar-refractivity contribution is 6.31. The molecule has 2 heterocycles. The summed E-state index contributed by atoms with van der Waals surface area (Å²) in [4.78, 5) is 19.2. The van der Waals surface area contributed by atoms with Crippen molar-refractivity contribution in [3.63, 3.8) is 0 Å². The first-order chi connectivity index (χ1) is 8.02. The van der Waals surface area contributed by atoms with Gasteiger partial charge in [0.15, 0.2) is 22.6 Å².